The Labute approximate surface area is 243 Å². The van der Waals surface area contributed by atoms with Gasteiger partial charge in [0.25, 0.3) is 5.91 Å². The number of halogens is 1. The maximum atomic E-state index is 15.7. The summed E-state index contributed by atoms with van der Waals surface area (Å²) in [7, 11) is 0. The van der Waals surface area contributed by atoms with Crippen molar-refractivity contribution in [2.24, 2.45) is 5.73 Å². The molecule has 230 valence electrons. The van der Waals surface area contributed by atoms with Crippen molar-refractivity contribution in [2.45, 2.75) is 130 Å². The Morgan fingerprint density at radius 1 is 1.24 bits per heavy atom. The molecule has 2 heterocycles. The van der Waals surface area contributed by atoms with E-state index in [9.17, 15) is 19.2 Å². The standard InChI is InChI=1S/C27H40FN3O5.C4H8O/c1-6-16(2)30-20-8-7-13-35-22(20)14-17-9-10-18-19(24(17)28)15-31(26(18)34)21(25(29)33)11-12-23(32)36-27(3,4)5;1-3-4(2)5/h9-10,16,20-22,30H,6-8,11-15H2,1-5H3,(H2,29,33);3H2,1-2H3/t16-,20-,21-,22+;/m0./s1. The maximum absolute atomic E-state index is 15.7. The normalized spacial score (nSPS) is 20.0. The lowest BCUT2D eigenvalue weighted by atomic mass is 9.93. The number of rotatable bonds is 11. The molecule has 41 heavy (non-hydrogen) atoms. The van der Waals surface area contributed by atoms with Crippen molar-refractivity contribution < 1.29 is 33.0 Å². The minimum Gasteiger partial charge on any atom is -0.460 e. The fourth-order valence-corrected chi connectivity index (χ4v) is 4.86. The van der Waals surface area contributed by atoms with Gasteiger partial charge in [0.15, 0.2) is 0 Å². The molecular weight excluding hydrogens is 529 g/mol. The zero-order valence-electron chi connectivity index (χ0n) is 25.7. The molecule has 0 saturated carbocycles. The van der Waals surface area contributed by atoms with Gasteiger partial charge >= 0.3 is 5.97 Å². The van der Waals surface area contributed by atoms with Crippen molar-refractivity contribution in [1.82, 2.24) is 10.2 Å². The number of hydrogen-bond acceptors (Lipinski definition) is 7. The molecule has 0 aromatic heterocycles. The summed E-state index contributed by atoms with van der Waals surface area (Å²) in [5.74, 6) is -1.89. The third-order valence-electron chi connectivity index (χ3n) is 7.36. The quantitative estimate of drug-likeness (QED) is 0.377. The first-order chi connectivity index (χ1) is 19.2. The highest BCUT2D eigenvalue weighted by atomic mass is 19.1. The second kappa shape index (κ2) is 15.4. The average Bonchev–Trinajstić information content (AvgIpc) is 3.22. The molecule has 3 N–H and O–H groups in total. The van der Waals surface area contributed by atoms with E-state index in [0.717, 1.165) is 19.3 Å². The Balaban J connectivity index is 0.00000108. The van der Waals surface area contributed by atoms with E-state index in [-0.39, 0.29) is 48.4 Å². The van der Waals surface area contributed by atoms with Crippen molar-refractivity contribution in [2.75, 3.05) is 6.61 Å². The van der Waals surface area contributed by atoms with E-state index < -0.39 is 35.2 Å². The van der Waals surface area contributed by atoms with E-state index in [1.54, 1.807) is 39.8 Å². The number of carbonyl (C=O) groups excluding carboxylic acids is 4. The molecule has 2 aliphatic heterocycles. The largest absolute Gasteiger partial charge is 0.460 e. The highest BCUT2D eigenvalue weighted by Gasteiger charge is 2.38. The molecule has 0 bridgehead atoms. The van der Waals surface area contributed by atoms with Gasteiger partial charge in [-0.1, -0.05) is 19.9 Å². The molecule has 10 heteroatoms. The minimum absolute atomic E-state index is 0.0112. The zero-order chi connectivity index (χ0) is 30.9. The molecule has 4 atom stereocenters. The molecule has 2 aliphatic rings. The third kappa shape index (κ3) is 10.2. The molecular formula is C31H48FN3O6. The van der Waals surface area contributed by atoms with Crippen molar-refractivity contribution in [3.8, 4) is 0 Å². The van der Waals surface area contributed by atoms with Gasteiger partial charge in [-0.15, -0.1) is 0 Å². The number of nitrogens with zero attached hydrogens (tertiary/aromatic N) is 1. The van der Waals surface area contributed by atoms with Gasteiger partial charge in [-0.2, -0.15) is 0 Å². The first-order valence-electron chi connectivity index (χ1n) is 14.7. The van der Waals surface area contributed by atoms with Gasteiger partial charge in [0.2, 0.25) is 5.91 Å². The smallest absolute Gasteiger partial charge is 0.306 e. The van der Waals surface area contributed by atoms with Gasteiger partial charge in [0.1, 0.15) is 23.2 Å². The summed E-state index contributed by atoms with van der Waals surface area (Å²) in [6, 6.07) is 2.68. The Bertz CT molecular complexity index is 1090. The first-order valence-corrected chi connectivity index (χ1v) is 14.7. The summed E-state index contributed by atoms with van der Waals surface area (Å²) in [5, 5.41) is 3.59. The number of fused-ring (bicyclic) bond motifs is 1. The predicted molar refractivity (Wildman–Crippen MR) is 155 cm³/mol. The first kappa shape index (κ1) is 34.4. The van der Waals surface area contributed by atoms with Crippen LogP contribution in [-0.4, -0.2) is 64.9 Å². The SMILES string of the molecule is CCC(C)=O.CC[C@H](C)N[C@H]1CCCO[C@@H]1Cc1ccc2c(c1F)CN([C@@H](CCC(=O)OC(C)(C)C)C(N)=O)C2=O. The molecule has 9 nitrogen and oxygen atoms in total. The van der Waals surface area contributed by atoms with Gasteiger partial charge < -0.3 is 30.2 Å². The van der Waals surface area contributed by atoms with Crippen LogP contribution >= 0.6 is 0 Å². The second-order valence-electron chi connectivity index (χ2n) is 11.9. The number of benzene rings is 1. The average molecular weight is 578 g/mol. The van der Waals surface area contributed by atoms with E-state index in [2.05, 4.69) is 19.2 Å². The van der Waals surface area contributed by atoms with Crippen LogP contribution in [0.1, 0.15) is 108 Å². The van der Waals surface area contributed by atoms with Crippen LogP contribution in [0.25, 0.3) is 0 Å². The van der Waals surface area contributed by atoms with Crippen LogP contribution in [-0.2, 0) is 36.8 Å². The summed E-state index contributed by atoms with van der Waals surface area (Å²) in [6.07, 6.45) is 3.73. The number of amides is 2. The van der Waals surface area contributed by atoms with E-state index in [1.807, 2.05) is 6.92 Å². The third-order valence-corrected chi connectivity index (χ3v) is 7.36. The highest BCUT2D eigenvalue weighted by molar-refractivity contribution is 6.01. The molecule has 1 fully saturated rings. The van der Waals surface area contributed by atoms with E-state index >= 15 is 4.39 Å². The van der Waals surface area contributed by atoms with Gasteiger partial charge in [-0.25, -0.2) is 4.39 Å². The number of carbonyl (C=O) groups is 4. The lowest BCUT2D eigenvalue weighted by Gasteiger charge is -2.34. The Morgan fingerprint density at radius 2 is 1.90 bits per heavy atom. The molecule has 0 radical (unpaired) electrons. The van der Waals surface area contributed by atoms with Crippen LogP contribution in [0.3, 0.4) is 0 Å². The molecule has 1 aromatic rings. The molecule has 1 aromatic carbocycles. The fourth-order valence-electron chi connectivity index (χ4n) is 4.86. The Hall–Kier alpha value is -2.85. The predicted octanol–water partition coefficient (Wildman–Crippen LogP) is 4.22. The van der Waals surface area contributed by atoms with E-state index in [4.69, 9.17) is 15.2 Å². The number of nitrogens with two attached hydrogens (primary N) is 1. The van der Waals surface area contributed by atoms with Crippen molar-refractivity contribution in [3.05, 3.63) is 34.6 Å². The van der Waals surface area contributed by atoms with Crippen molar-refractivity contribution >= 4 is 23.6 Å². The van der Waals surface area contributed by atoms with Crippen LogP contribution in [0.2, 0.25) is 0 Å². The number of ketones is 1. The lowest BCUT2D eigenvalue weighted by molar-refractivity contribution is -0.155. The number of esters is 1. The van der Waals surface area contributed by atoms with Crippen LogP contribution in [0, 0.1) is 5.82 Å². The minimum atomic E-state index is -1.04. The maximum Gasteiger partial charge on any atom is 0.306 e. The van der Waals surface area contributed by atoms with Gasteiger partial charge in [-0.05, 0) is 71.9 Å². The zero-order valence-corrected chi connectivity index (χ0v) is 25.7. The summed E-state index contributed by atoms with van der Waals surface area (Å²) >= 11 is 0. The van der Waals surface area contributed by atoms with Gasteiger partial charge in [-0.3, -0.25) is 14.4 Å². The molecule has 3 rings (SSSR count). The molecule has 0 spiro atoms. The monoisotopic (exact) mass is 577 g/mol. The van der Waals surface area contributed by atoms with Crippen LogP contribution in [0.5, 0.6) is 0 Å². The molecule has 2 amide bonds. The number of primary amides is 1. The number of nitrogens with one attached hydrogen (secondary N) is 1. The van der Waals surface area contributed by atoms with Crippen molar-refractivity contribution in [3.63, 3.8) is 0 Å². The second-order valence-corrected chi connectivity index (χ2v) is 11.9. The number of Topliss-reactive ketones (excluding diaryl/α,β-unsaturated/α-hetero) is 1. The molecule has 0 aliphatic carbocycles. The lowest BCUT2D eigenvalue weighted by Crippen LogP contribution is -2.48. The summed E-state index contributed by atoms with van der Waals surface area (Å²) in [5.41, 5.74) is 5.88. The fraction of sp³-hybridized carbons (Fsp3) is 0.677. The molecule has 1 saturated heterocycles. The number of ether oxygens (including phenoxy) is 2. The van der Waals surface area contributed by atoms with Gasteiger partial charge in [0, 0.05) is 49.1 Å². The van der Waals surface area contributed by atoms with Gasteiger partial charge in [0.05, 0.1) is 12.6 Å². The van der Waals surface area contributed by atoms with Crippen LogP contribution in [0.4, 0.5) is 4.39 Å². The summed E-state index contributed by atoms with van der Waals surface area (Å²) < 4.78 is 26.9. The Morgan fingerprint density at radius 3 is 2.46 bits per heavy atom. The van der Waals surface area contributed by atoms with Crippen LogP contribution < -0.4 is 11.1 Å². The summed E-state index contributed by atoms with van der Waals surface area (Å²) in [4.78, 5) is 48.5. The van der Waals surface area contributed by atoms with Crippen LogP contribution in [0.15, 0.2) is 12.1 Å². The summed E-state index contributed by atoms with van der Waals surface area (Å²) in [6.45, 7) is 13.5. The molecule has 0 unspecified atom stereocenters. The van der Waals surface area contributed by atoms with Crippen molar-refractivity contribution in [1.29, 1.82) is 0 Å². The number of hydrogen-bond donors (Lipinski definition) is 2. The van der Waals surface area contributed by atoms with E-state index in [0.29, 0.717) is 31.1 Å². The highest BCUT2D eigenvalue weighted by Crippen LogP contribution is 2.31. The van der Waals surface area contributed by atoms with E-state index in [1.165, 1.54) is 4.90 Å². The Kier molecular flexibility index (Phi) is 12.9. The topological polar surface area (TPSA) is 128 Å².